The van der Waals surface area contributed by atoms with Gasteiger partial charge in [-0.05, 0) is 50.1 Å². The molecule has 2 rings (SSSR count). The highest BCUT2D eigenvalue weighted by Gasteiger charge is 2.02. The van der Waals surface area contributed by atoms with E-state index < -0.39 is 0 Å². The summed E-state index contributed by atoms with van der Waals surface area (Å²) in [5, 5.41) is 3.88. The lowest BCUT2D eigenvalue weighted by Crippen LogP contribution is -2.00. The van der Waals surface area contributed by atoms with Crippen molar-refractivity contribution >= 4 is 11.8 Å². The monoisotopic (exact) mass is 291 g/mol. The Labute approximate surface area is 124 Å². The van der Waals surface area contributed by atoms with Crippen LogP contribution in [0.25, 0.3) is 0 Å². The minimum absolute atomic E-state index is 0.757. The van der Waals surface area contributed by atoms with Crippen molar-refractivity contribution in [3.05, 3.63) is 46.8 Å². The van der Waals surface area contributed by atoms with E-state index in [9.17, 15) is 0 Å². The van der Waals surface area contributed by atoms with Crippen molar-refractivity contribution in [1.29, 1.82) is 0 Å². The summed E-state index contributed by atoms with van der Waals surface area (Å²) < 4.78 is 11.0. The molecule has 0 saturated carbocycles. The molecule has 0 spiro atoms. The lowest BCUT2D eigenvalue weighted by Gasteiger charge is -2.09. The summed E-state index contributed by atoms with van der Waals surface area (Å²) in [5.41, 5.74) is 3.37. The summed E-state index contributed by atoms with van der Waals surface area (Å²) in [6.07, 6.45) is 1.03. The van der Waals surface area contributed by atoms with E-state index in [1.807, 2.05) is 24.8 Å². The Bertz CT molecular complexity index is 551. The zero-order valence-electron chi connectivity index (χ0n) is 12.3. The maximum Gasteiger partial charge on any atom is 0.146 e. The molecule has 0 amide bonds. The molecule has 0 fully saturated rings. The van der Waals surface area contributed by atoms with E-state index in [-0.39, 0.29) is 0 Å². The van der Waals surface area contributed by atoms with E-state index in [0.717, 1.165) is 41.7 Å². The number of rotatable bonds is 7. The molecule has 0 saturated heterocycles. The van der Waals surface area contributed by atoms with Gasteiger partial charge in [0.2, 0.25) is 0 Å². The molecule has 0 radical (unpaired) electrons. The van der Waals surface area contributed by atoms with Gasteiger partial charge < -0.3 is 9.26 Å². The summed E-state index contributed by atoms with van der Waals surface area (Å²) in [6, 6.07) is 8.29. The Hall–Kier alpha value is -1.42. The maximum atomic E-state index is 5.82. The van der Waals surface area contributed by atoms with E-state index in [1.54, 1.807) is 0 Å². The fourth-order valence-corrected chi connectivity index (χ4v) is 2.67. The van der Waals surface area contributed by atoms with Crippen LogP contribution in [0.3, 0.4) is 0 Å². The maximum absolute atomic E-state index is 5.82. The first kappa shape index (κ1) is 15.0. The van der Waals surface area contributed by atoms with E-state index in [1.165, 1.54) is 11.1 Å². The van der Waals surface area contributed by atoms with Crippen molar-refractivity contribution in [2.75, 3.05) is 12.4 Å². The molecule has 0 N–H and O–H groups in total. The fraction of sp³-hybridized carbons (Fsp3) is 0.438. The molecule has 20 heavy (non-hydrogen) atoms. The Morgan fingerprint density at radius 1 is 1.20 bits per heavy atom. The van der Waals surface area contributed by atoms with Gasteiger partial charge in [-0.25, -0.2) is 0 Å². The predicted octanol–water partition coefficient (Wildman–Crippen LogP) is 4.30. The van der Waals surface area contributed by atoms with Gasteiger partial charge in [-0.2, -0.15) is 11.8 Å². The molecule has 0 bridgehead atoms. The number of aromatic nitrogens is 1. The molecule has 1 aromatic carbocycles. The highest BCUT2D eigenvalue weighted by Crippen LogP contribution is 2.20. The molecule has 3 nitrogen and oxygen atoms in total. The zero-order chi connectivity index (χ0) is 14.4. The summed E-state index contributed by atoms with van der Waals surface area (Å²) in [6.45, 7) is 6.86. The first-order valence-electron chi connectivity index (χ1n) is 6.85. The van der Waals surface area contributed by atoms with Gasteiger partial charge >= 0.3 is 0 Å². The van der Waals surface area contributed by atoms with Crippen LogP contribution in [0.4, 0.5) is 0 Å². The molecule has 0 aliphatic heterocycles. The second kappa shape index (κ2) is 7.39. The highest BCUT2D eigenvalue weighted by atomic mass is 32.2. The molecule has 1 aromatic heterocycles. The smallest absolute Gasteiger partial charge is 0.146 e. The zero-order valence-corrected chi connectivity index (χ0v) is 13.1. The molecule has 108 valence electrons. The fourth-order valence-electron chi connectivity index (χ4n) is 1.86. The van der Waals surface area contributed by atoms with Crippen molar-refractivity contribution in [2.45, 2.75) is 32.9 Å². The van der Waals surface area contributed by atoms with Gasteiger partial charge in [-0.3, -0.25) is 0 Å². The predicted molar refractivity (Wildman–Crippen MR) is 83.4 cm³/mol. The number of hydrogen-bond acceptors (Lipinski definition) is 4. The summed E-state index contributed by atoms with van der Waals surface area (Å²) in [4.78, 5) is 0. The summed E-state index contributed by atoms with van der Waals surface area (Å²) in [7, 11) is 0. The topological polar surface area (TPSA) is 35.3 Å². The minimum Gasteiger partial charge on any atom is -0.493 e. The summed E-state index contributed by atoms with van der Waals surface area (Å²) in [5.74, 6) is 3.89. The van der Waals surface area contributed by atoms with E-state index in [0.29, 0.717) is 0 Å². The first-order valence-corrected chi connectivity index (χ1v) is 8.00. The normalized spacial score (nSPS) is 10.8. The van der Waals surface area contributed by atoms with Crippen molar-refractivity contribution in [3.63, 3.8) is 0 Å². The van der Waals surface area contributed by atoms with Crippen LogP contribution in [0.15, 0.2) is 28.8 Å². The van der Waals surface area contributed by atoms with Gasteiger partial charge in [0, 0.05) is 6.07 Å². The quantitative estimate of drug-likeness (QED) is 0.712. The number of nitrogens with zero attached hydrogens (tertiary/aromatic N) is 1. The molecule has 0 unspecified atom stereocenters. The molecular formula is C16H21NO2S. The Morgan fingerprint density at radius 2 is 2.05 bits per heavy atom. The highest BCUT2D eigenvalue weighted by molar-refractivity contribution is 7.98. The molecule has 1 heterocycles. The molecular weight excluding hydrogens is 270 g/mol. The number of aryl methyl sites for hydroxylation is 3. The Morgan fingerprint density at radius 3 is 2.80 bits per heavy atom. The van der Waals surface area contributed by atoms with E-state index >= 15 is 0 Å². The second-order valence-electron chi connectivity index (χ2n) is 4.96. The van der Waals surface area contributed by atoms with Crippen LogP contribution in [0.2, 0.25) is 0 Å². The van der Waals surface area contributed by atoms with Crippen molar-refractivity contribution in [3.8, 4) is 5.75 Å². The Kier molecular flexibility index (Phi) is 5.53. The third kappa shape index (κ3) is 4.60. The van der Waals surface area contributed by atoms with Gasteiger partial charge in [0.05, 0.1) is 18.1 Å². The van der Waals surface area contributed by atoms with Crippen LogP contribution in [-0.2, 0) is 5.75 Å². The Balaban J connectivity index is 1.63. The summed E-state index contributed by atoms with van der Waals surface area (Å²) >= 11 is 1.85. The molecule has 0 atom stereocenters. The lowest BCUT2D eigenvalue weighted by atomic mass is 10.1. The van der Waals surface area contributed by atoms with Crippen molar-refractivity contribution in [2.24, 2.45) is 0 Å². The number of benzene rings is 1. The van der Waals surface area contributed by atoms with Crippen LogP contribution in [0.5, 0.6) is 5.75 Å². The van der Waals surface area contributed by atoms with E-state index in [2.05, 4.69) is 37.2 Å². The third-order valence-electron chi connectivity index (χ3n) is 2.96. The van der Waals surface area contributed by atoms with E-state index in [4.69, 9.17) is 9.26 Å². The number of thioether (sulfide) groups is 1. The standard InChI is InChI=1S/C16H21NO2S/c1-12-5-6-13(2)16(9-12)18-7-4-8-20-11-15-10-14(3)17-19-15/h5-6,9-10H,4,7-8,11H2,1-3H3. The second-order valence-corrected chi connectivity index (χ2v) is 6.06. The average Bonchev–Trinajstić information content (AvgIpc) is 2.83. The number of ether oxygens (including phenoxy) is 1. The van der Waals surface area contributed by atoms with Crippen LogP contribution < -0.4 is 4.74 Å². The molecule has 0 aliphatic carbocycles. The van der Waals surface area contributed by atoms with Crippen molar-refractivity contribution < 1.29 is 9.26 Å². The average molecular weight is 291 g/mol. The minimum atomic E-state index is 0.757. The van der Waals surface area contributed by atoms with Gasteiger partial charge in [0.25, 0.3) is 0 Å². The van der Waals surface area contributed by atoms with Crippen LogP contribution in [0.1, 0.15) is 29.0 Å². The van der Waals surface area contributed by atoms with Gasteiger partial charge in [0.1, 0.15) is 11.5 Å². The van der Waals surface area contributed by atoms with Gasteiger partial charge in [-0.15, -0.1) is 0 Å². The SMILES string of the molecule is Cc1ccc(C)c(OCCCSCc2cc(C)no2)c1. The van der Waals surface area contributed by atoms with Crippen LogP contribution in [-0.4, -0.2) is 17.5 Å². The van der Waals surface area contributed by atoms with Crippen molar-refractivity contribution in [1.82, 2.24) is 5.16 Å². The third-order valence-corrected chi connectivity index (χ3v) is 4.02. The van der Waals surface area contributed by atoms with Gasteiger partial charge in [0.15, 0.2) is 0 Å². The molecule has 0 aliphatic rings. The lowest BCUT2D eigenvalue weighted by molar-refractivity contribution is 0.316. The van der Waals surface area contributed by atoms with Crippen LogP contribution >= 0.6 is 11.8 Å². The van der Waals surface area contributed by atoms with Gasteiger partial charge in [-0.1, -0.05) is 17.3 Å². The van der Waals surface area contributed by atoms with Crippen LogP contribution in [0, 0.1) is 20.8 Å². The number of hydrogen-bond donors (Lipinski definition) is 0. The molecule has 2 aromatic rings. The first-order chi connectivity index (χ1) is 9.65. The largest absolute Gasteiger partial charge is 0.493 e. The molecule has 4 heteroatoms.